The van der Waals surface area contributed by atoms with Gasteiger partial charge in [-0.1, -0.05) is 12.1 Å². The molecule has 0 amide bonds. The number of fused-ring (bicyclic) bond motifs is 1. The number of hydrogen-bond donors (Lipinski definition) is 3. The number of H-pyrrole nitrogens is 1. The van der Waals surface area contributed by atoms with E-state index in [1.165, 1.54) is 51.6 Å². The minimum Gasteiger partial charge on any atom is -0.317 e. The second-order valence-electron chi connectivity index (χ2n) is 7.76. The van der Waals surface area contributed by atoms with Crippen LogP contribution in [-0.4, -0.2) is 35.6 Å². The highest BCUT2D eigenvalue weighted by molar-refractivity contribution is 5.77. The van der Waals surface area contributed by atoms with E-state index in [0.29, 0.717) is 16.8 Å². The summed E-state index contributed by atoms with van der Waals surface area (Å²) in [6.07, 6.45) is 8.74. The molecule has 5 nitrogen and oxygen atoms in total. The number of benzene rings is 1. The van der Waals surface area contributed by atoms with Gasteiger partial charge in [-0.15, -0.1) is 0 Å². The number of hydrogen-bond acceptors (Lipinski definition) is 4. The highest BCUT2D eigenvalue weighted by atomic mass is 16.1. The molecule has 2 fully saturated rings. The van der Waals surface area contributed by atoms with Crippen molar-refractivity contribution in [3.8, 4) is 0 Å². The van der Waals surface area contributed by atoms with Crippen molar-refractivity contribution in [3.05, 3.63) is 40.4 Å². The van der Waals surface area contributed by atoms with Crippen LogP contribution >= 0.6 is 0 Å². The van der Waals surface area contributed by atoms with E-state index in [4.69, 9.17) is 0 Å². The van der Waals surface area contributed by atoms with Crippen molar-refractivity contribution in [2.24, 2.45) is 5.41 Å². The van der Waals surface area contributed by atoms with E-state index < -0.39 is 0 Å². The number of aromatic nitrogens is 2. The highest BCUT2D eigenvalue weighted by Crippen LogP contribution is 2.43. The van der Waals surface area contributed by atoms with E-state index in [1.54, 1.807) is 0 Å². The van der Waals surface area contributed by atoms with Crippen molar-refractivity contribution < 1.29 is 0 Å². The first kappa shape index (κ1) is 16.7. The lowest BCUT2D eigenvalue weighted by Gasteiger charge is -2.43. The number of rotatable bonds is 4. The van der Waals surface area contributed by atoms with Gasteiger partial charge in [0.15, 0.2) is 0 Å². The van der Waals surface area contributed by atoms with Crippen molar-refractivity contribution in [2.75, 3.05) is 19.6 Å². The number of para-hydroxylation sites is 1. The summed E-state index contributed by atoms with van der Waals surface area (Å²) in [6.45, 7) is 3.26. The Labute approximate surface area is 148 Å². The number of nitrogens with zero attached hydrogens (tertiary/aromatic N) is 1. The molecule has 2 heterocycles. The van der Waals surface area contributed by atoms with Crippen LogP contribution in [0.5, 0.6) is 0 Å². The molecular formula is C20H28N4O. The molecule has 1 aromatic carbocycles. The van der Waals surface area contributed by atoms with Gasteiger partial charge in [0.1, 0.15) is 5.82 Å². The normalized spacial score (nSPS) is 21.0. The molecule has 0 bridgehead atoms. The van der Waals surface area contributed by atoms with Gasteiger partial charge in [-0.25, -0.2) is 4.98 Å². The van der Waals surface area contributed by atoms with Crippen LogP contribution in [0.1, 0.15) is 44.3 Å². The summed E-state index contributed by atoms with van der Waals surface area (Å²) in [6, 6.07) is 8.14. The van der Waals surface area contributed by atoms with Crippen molar-refractivity contribution in [1.82, 2.24) is 20.6 Å². The van der Waals surface area contributed by atoms with E-state index >= 15 is 0 Å². The molecule has 0 unspecified atom stereocenters. The smallest absolute Gasteiger partial charge is 0.258 e. The van der Waals surface area contributed by atoms with E-state index in [9.17, 15) is 4.79 Å². The van der Waals surface area contributed by atoms with Crippen LogP contribution in [0, 0.1) is 5.41 Å². The summed E-state index contributed by atoms with van der Waals surface area (Å²) >= 11 is 0. The molecule has 0 atom stereocenters. The summed E-state index contributed by atoms with van der Waals surface area (Å²) in [5, 5.41) is 7.83. The Hall–Kier alpha value is -1.72. The largest absolute Gasteiger partial charge is 0.317 e. The zero-order chi connectivity index (χ0) is 17.1. The molecule has 2 aliphatic rings. The van der Waals surface area contributed by atoms with Crippen molar-refractivity contribution in [3.63, 3.8) is 0 Å². The van der Waals surface area contributed by atoms with Gasteiger partial charge in [-0.2, -0.15) is 0 Å². The van der Waals surface area contributed by atoms with Crippen LogP contribution in [0.3, 0.4) is 0 Å². The predicted molar refractivity (Wildman–Crippen MR) is 101 cm³/mol. The topological polar surface area (TPSA) is 69.8 Å². The SMILES string of the molecule is O=c1[nH]c(CCNC2CCC3(CCNCC3)CC2)nc2ccccc12. The van der Waals surface area contributed by atoms with Crippen LogP contribution < -0.4 is 16.2 Å². The third kappa shape index (κ3) is 3.77. The third-order valence-electron chi connectivity index (χ3n) is 6.17. The average Bonchev–Trinajstić information content (AvgIpc) is 2.64. The minimum atomic E-state index is -0.0360. The predicted octanol–water partition coefficient (Wildman–Crippen LogP) is 2.37. The van der Waals surface area contributed by atoms with Crippen LogP contribution in [-0.2, 0) is 6.42 Å². The summed E-state index contributed by atoms with van der Waals surface area (Å²) in [5.74, 6) is 0.779. The van der Waals surface area contributed by atoms with Gasteiger partial charge in [0.25, 0.3) is 5.56 Å². The zero-order valence-electron chi connectivity index (χ0n) is 14.8. The van der Waals surface area contributed by atoms with E-state index in [1.807, 2.05) is 24.3 Å². The summed E-state index contributed by atoms with van der Waals surface area (Å²) in [5.41, 5.74) is 1.37. The molecule has 1 aliphatic heterocycles. The Morgan fingerprint density at radius 1 is 1.12 bits per heavy atom. The van der Waals surface area contributed by atoms with Gasteiger partial charge in [0.2, 0.25) is 0 Å². The summed E-state index contributed by atoms with van der Waals surface area (Å²) in [7, 11) is 0. The number of aromatic amines is 1. The van der Waals surface area contributed by atoms with E-state index in [2.05, 4.69) is 20.6 Å². The van der Waals surface area contributed by atoms with Gasteiger partial charge in [0.05, 0.1) is 10.9 Å². The number of piperidine rings is 1. The van der Waals surface area contributed by atoms with Gasteiger partial charge in [0, 0.05) is 19.0 Å². The van der Waals surface area contributed by atoms with Crippen LogP contribution in [0.2, 0.25) is 0 Å². The van der Waals surface area contributed by atoms with Gasteiger partial charge < -0.3 is 15.6 Å². The lowest BCUT2D eigenvalue weighted by atomic mass is 9.67. The molecule has 4 rings (SSSR count). The quantitative estimate of drug-likeness (QED) is 0.799. The fourth-order valence-corrected chi connectivity index (χ4v) is 4.54. The van der Waals surface area contributed by atoms with Crippen molar-refractivity contribution in [1.29, 1.82) is 0 Å². The van der Waals surface area contributed by atoms with E-state index in [0.717, 1.165) is 24.3 Å². The first-order valence-corrected chi connectivity index (χ1v) is 9.66. The molecule has 1 aromatic heterocycles. The first-order valence-electron chi connectivity index (χ1n) is 9.66. The molecule has 1 saturated heterocycles. The summed E-state index contributed by atoms with van der Waals surface area (Å²) in [4.78, 5) is 19.6. The highest BCUT2D eigenvalue weighted by Gasteiger charge is 2.35. The lowest BCUT2D eigenvalue weighted by Crippen LogP contribution is -2.43. The molecule has 0 radical (unpaired) electrons. The fourth-order valence-electron chi connectivity index (χ4n) is 4.54. The average molecular weight is 340 g/mol. The van der Waals surface area contributed by atoms with Crippen LogP contribution in [0.4, 0.5) is 0 Å². The third-order valence-corrected chi connectivity index (χ3v) is 6.17. The van der Waals surface area contributed by atoms with Gasteiger partial charge in [-0.3, -0.25) is 4.79 Å². The second kappa shape index (κ2) is 7.26. The monoisotopic (exact) mass is 340 g/mol. The maximum Gasteiger partial charge on any atom is 0.258 e. The minimum absolute atomic E-state index is 0.0360. The standard InChI is InChI=1S/C20H28N4O/c25-19-16-3-1-2-4-17(16)23-18(24-19)7-12-22-15-5-8-20(9-6-15)10-13-21-14-11-20/h1-4,15,21-22H,5-14H2,(H,23,24,25). The fraction of sp³-hybridized carbons (Fsp3) is 0.600. The molecule has 1 aliphatic carbocycles. The maximum absolute atomic E-state index is 12.1. The molecule has 134 valence electrons. The van der Waals surface area contributed by atoms with Crippen molar-refractivity contribution in [2.45, 2.75) is 51.0 Å². The Kier molecular flexibility index (Phi) is 4.86. The lowest BCUT2D eigenvalue weighted by molar-refractivity contribution is 0.116. The van der Waals surface area contributed by atoms with Gasteiger partial charge >= 0.3 is 0 Å². The van der Waals surface area contributed by atoms with Crippen molar-refractivity contribution >= 4 is 10.9 Å². The molecule has 3 N–H and O–H groups in total. The maximum atomic E-state index is 12.1. The molecule has 25 heavy (non-hydrogen) atoms. The van der Waals surface area contributed by atoms with Crippen LogP contribution in [0.25, 0.3) is 10.9 Å². The molecule has 5 heteroatoms. The van der Waals surface area contributed by atoms with E-state index in [-0.39, 0.29) is 5.56 Å². The Balaban J connectivity index is 1.29. The van der Waals surface area contributed by atoms with Crippen LogP contribution in [0.15, 0.2) is 29.1 Å². The molecular weight excluding hydrogens is 312 g/mol. The molecule has 1 saturated carbocycles. The Bertz CT molecular complexity index is 769. The zero-order valence-corrected chi connectivity index (χ0v) is 14.8. The molecule has 2 aromatic rings. The second-order valence-corrected chi connectivity index (χ2v) is 7.76. The Morgan fingerprint density at radius 3 is 2.68 bits per heavy atom. The van der Waals surface area contributed by atoms with Gasteiger partial charge in [-0.05, 0) is 69.2 Å². The first-order chi connectivity index (χ1) is 12.2. The number of nitrogens with one attached hydrogen (secondary N) is 3. The molecule has 1 spiro atoms. The summed E-state index contributed by atoms with van der Waals surface area (Å²) < 4.78 is 0. The Morgan fingerprint density at radius 2 is 1.88 bits per heavy atom.